The zero-order chi connectivity index (χ0) is 20.1. The van der Waals surface area contributed by atoms with Gasteiger partial charge >= 0.3 is 5.97 Å². The van der Waals surface area contributed by atoms with Gasteiger partial charge in [0.1, 0.15) is 18.1 Å². The van der Waals surface area contributed by atoms with E-state index >= 15 is 0 Å². The number of ether oxygens (including phenoxy) is 2. The Bertz CT molecular complexity index is 843. The first-order chi connectivity index (χ1) is 13.5. The molecule has 0 bridgehead atoms. The minimum atomic E-state index is -0.273. The van der Waals surface area contributed by atoms with Gasteiger partial charge in [-0.05, 0) is 24.1 Å². The van der Waals surface area contributed by atoms with Crippen LogP contribution in [0.4, 0.5) is 0 Å². The van der Waals surface area contributed by atoms with Crippen molar-refractivity contribution in [2.75, 3.05) is 12.4 Å². The van der Waals surface area contributed by atoms with Crippen molar-refractivity contribution in [1.29, 1.82) is 0 Å². The molecule has 0 fully saturated rings. The standard InChI is InChI=1S/C21H22Cl2O4S/c1-3-14(12-28-27-13(2)24)19-11-26-21-9-17(6-7-18(19)21)25-10-15-4-5-16(22)8-20(15)23/h4-9,14,19H,3,10-12H2,1-2H3/t14?,19-/m0/s1. The molecule has 0 saturated heterocycles. The fourth-order valence-corrected chi connectivity index (χ4v) is 4.56. The SMILES string of the molecule is CCC(CSOC(C)=O)[C@@H]1COc2cc(OCc3ccc(Cl)cc3Cl)ccc21. The van der Waals surface area contributed by atoms with Gasteiger partial charge in [-0.1, -0.05) is 48.7 Å². The van der Waals surface area contributed by atoms with Gasteiger partial charge in [0.05, 0.1) is 18.6 Å². The van der Waals surface area contributed by atoms with Gasteiger partial charge in [-0.25, -0.2) is 0 Å². The fourth-order valence-electron chi connectivity index (χ4n) is 3.22. The Morgan fingerprint density at radius 1 is 1.29 bits per heavy atom. The molecular weight excluding hydrogens is 419 g/mol. The second-order valence-electron chi connectivity index (χ2n) is 6.67. The van der Waals surface area contributed by atoms with Crippen LogP contribution in [0, 0.1) is 5.92 Å². The summed E-state index contributed by atoms with van der Waals surface area (Å²) in [5.41, 5.74) is 2.05. The lowest BCUT2D eigenvalue weighted by atomic mass is 9.87. The average Bonchev–Trinajstić information content (AvgIpc) is 3.07. The number of benzene rings is 2. The van der Waals surface area contributed by atoms with Crippen LogP contribution in [0.5, 0.6) is 11.5 Å². The third kappa shape index (κ3) is 5.28. The Hall–Kier alpha value is -1.56. The first-order valence-corrected chi connectivity index (χ1v) is 10.8. The van der Waals surface area contributed by atoms with Gasteiger partial charge in [0, 0.05) is 45.8 Å². The van der Waals surface area contributed by atoms with E-state index in [9.17, 15) is 4.79 Å². The van der Waals surface area contributed by atoms with Crippen molar-refractivity contribution in [1.82, 2.24) is 0 Å². The largest absolute Gasteiger partial charge is 0.493 e. The van der Waals surface area contributed by atoms with Gasteiger partial charge in [0.15, 0.2) is 0 Å². The van der Waals surface area contributed by atoms with E-state index < -0.39 is 0 Å². The zero-order valence-corrected chi connectivity index (χ0v) is 18.1. The average molecular weight is 441 g/mol. The van der Waals surface area contributed by atoms with Crippen LogP contribution in [0.2, 0.25) is 10.0 Å². The number of hydrogen-bond donors (Lipinski definition) is 0. The van der Waals surface area contributed by atoms with Gasteiger partial charge in [-0.3, -0.25) is 4.79 Å². The summed E-state index contributed by atoms with van der Waals surface area (Å²) in [4.78, 5) is 11.0. The van der Waals surface area contributed by atoms with Crippen LogP contribution in [-0.2, 0) is 15.6 Å². The molecule has 2 atom stereocenters. The van der Waals surface area contributed by atoms with Crippen molar-refractivity contribution < 1.29 is 18.5 Å². The Balaban J connectivity index is 1.64. The monoisotopic (exact) mass is 440 g/mol. The van der Waals surface area contributed by atoms with E-state index in [0.717, 1.165) is 29.2 Å². The summed E-state index contributed by atoms with van der Waals surface area (Å²) < 4.78 is 16.8. The first-order valence-electron chi connectivity index (χ1n) is 9.11. The van der Waals surface area contributed by atoms with Gasteiger partial charge in [-0.15, -0.1) is 0 Å². The van der Waals surface area contributed by atoms with Crippen LogP contribution in [0.1, 0.15) is 37.3 Å². The van der Waals surface area contributed by atoms with Gasteiger partial charge in [0.25, 0.3) is 0 Å². The number of carbonyl (C=O) groups excluding carboxylic acids is 1. The van der Waals surface area contributed by atoms with E-state index in [2.05, 4.69) is 13.0 Å². The van der Waals surface area contributed by atoms with Gasteiger partial charge < -0.3 is 13.7 Å². The molecule has 1 heterocycles. The van der Waals surface area contributed by atoms with E-state index in [4.69, 9.17) is 36.9 Å². The molecule has 28 heavy (non-hydrogen) atoms. The topological polar surface area (TPSA) is 44.8 Å². The molecule has 7 heteroatoms. The highest BCUT2D eigenvalue weighted by Gasteiger charge is 2.31. The van der Waals surface area contributed by atoms with Crippen LogP contribution in [0.15, 0.2) is 36.4 Å². The molecule has 4 nitrogen and oxygen atoms in total. The summed E-state index contributed by atoms with van der Waals surface area (Å²) in [7, 11) is 0. The van der Waals surface area contributed by atoms with E-state index in [-0.39, 0.29) is 11.9 Å². The minimum Gasteiger partial charge on any atom is -0.493 e. The van der Waals surface area contributed by atoms with E-state index in [0.29, 0.717) is 29.2 Å². The maximum absolute atomic E-state index is 11.0. The molecule has 1 aliphatic rings. The summed E-state index contributed by atoms with van der Waals surface area (Å²) in [6.07, 6.45) is 0.981. The molecule has 0 saturated carbocycles. The molecule has 0 N–H and O–H groups in total. The van der Waals surface area contributed by atoms with Crippen molar-refractivity contribution in [2.45, 2.75) is 32.8 Å². The predicted molar refractivity (Wildman–Crippen MR) is 113 cm³/mol. The molecule has 150 valence electrons. The maximum atomic E-state index is 11.0. The molecule has 0 aromatic heterocycles. The molecule has 0 amide bonds. The normalized spacial score (nSPS) is 16.2. The summed E-state index contributed by atoms with van der Waals surface area (Å²) >= 11 is 13.3. The molecule has 0 spiro atoms. The summed E-state index contributed by atoms with van der Waals surface area (Å²) in [5, 5.41) is 1.18. The summed E-state index contributed by atoms with van der Waals surface area (Å²) in [6, 6.07) is 11.3. The quantitative estimate of drug-likeness (QED) is 0.451. The minimum absolute atomic E-state index is 0.273. The Morgan fingerprint density at radius 3 is 2.82 bits per heavy atom. The molecule has 2 aromatic rings. The molecule has 1 unspecified atom stereocenters. The first kappa shape index (κ1) is 21.2. The van der Waals surface area contributed by atoms with Crippen LogP contribution in [-0.4, -0.2) is 18.3 Å². The molecular formula is C21H22Cl2O4S. The van der Waals surface area contributed by atoms with Crippen molar-refractivity contribution in [3.05, 3.63) is 57.6 Å². The summed E-state index contributed by atoms with van der Waals surface area (Å²) in [5.74, 6) is 2.70. The van der Waals surface area contributed by atoms with Crippen LogP contribution >= 0.6 is 35.2 Å². The highest BCUT2D eigenvalue weighted by molar-refractivity contribution is 7.95. The van der Waals surface area contributed by atoms with Crippen LogP contribution in [0.3, 0.4) is 0 Å². The van der Waals surface area contributed by atoms with Crippen molar-refractivity contribution in [3.63, 3.8) is 0 Å². The van der Waals surface area contributed by atoms with Crippen molar-refractivity contribution in [2.24, 2.45) is 5.92 Å². The Kier molecular flexibility index (Phi) is 7.38. The second-order valence-corrected chi connectivity index (χ2v) is 8.25. The highest BCUT2D eigenvalue weighted by atomic mass is 35.5. The molecule has 0 radical (unpaired) electrons. The molecule has 2 aromatic carbocycles. The predicted octanol–water partition coefficient (Wildman–Crippen LogP) is 6.29. The van der Waals surface area contributed by atoms with E-state index in [1.54, 1.807) is 12.1 Å². The number of hydrogen-bond acceptors (Lipinski definition) is 5. The van der Waals surface area contributed by atoms with E-state index in [1.165, 1.54) is 24.5 Å². The maximum Gasteiger partial charge on any atom is 0.314 e. The Morgan fingerprint density at radius 2 is 2.11 bits per heavy atom. The highest BCUT2D eigenvalue weighted by Crippen LogP contribution is 2.42. The van der Waals surface area contributed by atoms with Crippen LogP contribution < -0.4 is 9.47 Å². The van der Waals surface area contributed by atoms with Crippen molar-refractivity contribution in [3.8, 4) is 11.5 Å². The van der Waals surface area contributed by atoms with Gasteiger partial charge in [-0.2, -0.15) is 0 Å². The number of halogens is 2. The Labute approximate surface area is 179 Å². The molecule has 0 aliphatic carbocycles. The number of fused-ring (bicyclic) bond motifs is 1. The third-order valence-corrected chi connectivity index (χ3v) is 6.27. The third-order valence-electron chi connectivity index (χ3n) is 4.76. The molecule has 1 aliphatic heterocycles. The fraction of sp³-hybridized carbons (Fsp3) is 0.381. The number of rotatable bonds is 8. The smallest absolute Gasteiger partial charge is 0.314 e. The summed E-state index contributed by atoms with van der Waals surface area (Å²) in [6.45, 7) is 4.54. The zero-order valence-electron chi connectivity index (χ0n) is 15.7. The lowest BCUT2D eigenvalue weighted by Crippen LogP contribution is -2.16. The van der Waals surface area contributed by atoms with Crippen molar-refractivity contribution >= 4 is 41.2 Å². The lowest BCUT2D eigenvalue weighted by Gasteiger charge is -2.20. The van der Waals surface area contributed by atoms with E-state index in [1.807, 2.05) is 18.2 Å². The lowest BCUT2D eigenvalue weighted by molar-refractivity contribution is -0.130. The second kappa shape index (κ2) is 9.77. The van der Waals surface area contributed by atoms with Gasteiger partial charge in [0.2, 0.25) is 0 Å². The van der Waals surface area contributed by atoms with Crippen LogP contribution in [0.25, 0.3) is 0 Å². The number of carbonyl (C=O) groups is 1. The molecule has 3 rings (SSSR count).